The van der Waals surface area contributed by atoms with Gasteiger partial charge >= 0.3 is 0 Å². The Morgan fingerprint density at radius 1 is 1.22 bits per heavy atom. The largest absolute Gasteiger partial charge is 0.361 e. The van der Waals surface area contributed by atoms with E-state index in [2.05, 4.69) is 15.3 Å². The van der Waals surface area contributed by atoms with Crippen molar-refractivity contribution in [3.8, 4) is 0 Å². The Hall–Kier alpha value is -2.71. The van der Waals surface area contributed by atoms with Gasteiger partial charge in [0.1, 0.15) is 5.76 Å². The predicted octanol–water partition coefficient (Wildman–Crippen LogP) is 1.22. The van der Waals surface area contributed by atoms with E-state index in [0.717, 1.165) is 17.7 Å². The van der Waals surface area contributed by atoms with Crippen molar-refractivity contribution < 1.29 is 18.6 Å². The molecule has 2 aromatic heterocycles. The average molecular weight is 375 g/mol. The van der Waals surface area contributed by atoms with Gasteiger partial charge in [-0.15, -0.1) is 0 Å². The van der Waals surface area contributed by atoms with Crippen LogP contribution in [-0.2, 0) is 22.4 Å². The van der Waals surface area contributed by atoms with Crippen LogP contribution in [0.15, 0.2) is 9.05 Å². The zero-order chi connectivity index (χ0) is 19.6. The molecule has 1 fully saturated rings. The Bertz CT molecular complexity index is 808. The molecule has 0 aliphatic carbocycles. The van der Waals surface area contributed by atoms with Crippen LogP contribution >= 0.6 is 0 Å². The third-order valence-electron chi connectivity index (χ3n) is 5.02. The van der Waals surface area contributed by atoms with Crippen molar-refractivity contribution in [1.82, 2.24) is 25.1 Å². The second kappa shape index (κ2) is 7.89. The van der Waals surface area contributed by atoms with Crippen LogP contribution in [0.1, 0.15) is 42.1 Å². The molecule has 146 valence electrons. The quantitative estimate of drug-likeness (QED) is 0.747. The number of amides is 2. The summed E-state index contributed by atoms with van der Waals surface area (Å²) in [6, 6.07) is 0.00381. The van der Waals surface area contributed by atoms with E-state index in [1.165, 1.54) is 0 Å². The molecule has 3 heterocycles. The number of rotatable bonds is 6. The minimum Gasteiger partial charge on any atom is -0.361 e. The Morgan fingerprint density at radius 3 is 2.59 bits per heavy atom. The van der Waals surface area contributed by atoms with Crippen LogP contribution in [0.25, 0.3) is 0 Å². The summed E-state index contributed by atoms with van der Waals surface area (Å²) < 4.78 is 10.1. The van der Waals surface area contributed by atoms with E-state index in [4.69, 9.17) is 9.05 Å². The highest BCUT2D eigenvalue weighted by atomic mass is 16.5. The van der Waals surface area contributed by atoms with Crippen molar-refractivity contribution in [3.05, 3.63) is 28.7 Å². The number of hydrogen-bond acceptors (Lipinski definition) is 7. The number of nitrogens with zero attached hydrogens (tertiary/aromatic N) is 5. The van der Waals surface area contributed by atoms with Gasteiger partial charge in [0.2, 0.25) is 17.7 Å². The van der Waals surface area contributed by atoms with Crippen molar-refractivity contribution in [2.75, 3.05) is 19.6 Å². The first-order chi connectivity index (χ1) is 12.8. The molecule has 3 rings (SSSR count). The standard InChI is InChI=1S/C18H25N5O4/c1-11-16(12(2)26-20-11)9-18(25)22-7-5-15(10-22)23(14(4)24)8-6-17-19-13(3)27-21-17/h15H,5-10H2,1-4H3. The first-order valence-electron chi connectivity index (χ1n) is 9.11. The Balaban J connectivity index is 1.58. The third-order valence-corrected chi connectivity index (χ3v) is 5.02. The molecule has 0 N–H and O–H groups in total. The Labute approximate surface area is 157 Å². The van der Waals surface area contributed by atoms with Gasteiger partial charge in [0.25, 0.3) is 0 Å². The van der Waals surface area contributed by atoms with Crippen molar-refractivity contribution in [3.63, 3.8) is 0 Å². The first-order valence-corrected chi connectivity index (χ1v) is 9.11. The van der Waals surface area contributed by atoms with Gasteiger partial charge in [-0.3, -0.25) is 9.59 Å². The van der Waals surface area contributed by atoms with Crippen LogP contribution in [0.2, 0.25) is 0 Å². The van der Waals surface area contributed by atoms with Gasteiger partial charge < -0.3 is 18.8 Å². The fourth-order valence-corrected chi connectivity index (χ4v) is 3.50. The molecule has 0 spiro atoms. The van der Waals surface area contributed by atoms with Crippen molar-refractivity contribution in [1.29, 1.82) is 0 Å². The first kappa shape index (κ1) is 19.1. The van der Waals surface area contributed by atoms with Gasteiger partial charge in [0.05, 0.1) is 18.2 Å². The summed E-state index contributed by atoms with van der Waals surface area (Å²) >= 11 is 0. The van der Waals surface area contributed by atoms with Crippen LogP contribution in [-0.4, -0.2) is 62.6 Å². The van der Waals surface area contributed by atoms with Crippen molar-refractivity contribution in [2.45, 2.75) is 53.0 Å². The van der Waals surface area contributed by atoms with E-state index < -0.39 is 0 Å². The maximum absolute atomic E-state index is 12.7. The molecule has 9 heteroatoms. The molecule has 1 saturated heterocycles. The summed E-state index contributed by atoms with van der Waals surface area (Å²) in [5, 5.41) is 7.77. The molecule has 0 bridgehead atoms. The number of aryl methyl sites for hydroxylation is 3. The van der Waals surface area contributed by atoms with E-state index in [1.807, 2.05) is 18.7 Å². The highest BCUT2D eigenvalue weighted by Crippen LogP contribution is 2.20. The Morgan fingerprint density at radius 2 is 2.00 bits per heavy atom. The maximum atomic E-state index is 12.7. The zero-order valence-electron chi connectivity index (χ0n) is 16.2. The summed E-state index contributed by atoms with van der Waals surface area (Å²) in [7, 11) is 0. The monoisotopic (exact) mass is 375 g/mol. The molecular weight excluding hydrogens is 350 g/mol. The zero-order valence-corrected chi connectivity index (χ0v) is 16.2. The lowest BCUT2D eigenvalue weighted by Crippen LogP contribution is -2.43. The summed E-state index contributed by atoms with van der Waals surface area (Å²) in [6.07, 6.45) is 1.56. The highest BCUT2D eigenvalue weighted by molar-refractivity contribution is 5.80. The fraction of sp³-hybridized carbons (Fsp3) is 0.611. The lowest BCUT2D eigenvalue weighted by molar-refractivity contribution is -0.133. The molecular formula is C18H25N5O4. The van der Waals surface area contributed by atoms with Crippen LogP contribution in [0, 0.1) is 20.8 Å². The van der Waals surface area contributed by atoms with E-state index in [-0.39, 0.29) is 24.3 Å². The summed E-state index contributed by atoms with van der Waals surface area (Å²) in [5.74, 6) is 1.79. The number of carbonyl (C=O) groups is 2. The van der Waals surface area contributed by atoms with Gasteiger partial charge in [0, 0.05) is 45.5 Å². The van der Waals surface area contributed by atoms with Gasteiger partial charge in [-0.1, -0.05) is 10.3 Å². The molecule has 0 radical (unpaired) electrons. The molecule has 1 atom stereocenters. The van der Waals surface area contributed by atoms with Gasteiger partial charge in [0.15, 0.2) is 5.82 Å². The second-order valence-corrected chi connectivity index (χ2v) is 6.95. The average Bonchev–Trinajstić information content (AvgIpc) is 3.32. The van der Waals surface area contributed by atoms with Crippen LogP contribution in [0.5, 0.6) is 0 Å². The molecule has 0 aromatic carbocycles. The van der Waals surface area contributed by atoms with Crippen LogP contribution < -0.4 is 0 Å². The van der Waals surface area contributed by atoms with Gasteiger partial charge in [-0.2, -0.15) is 4.98 Å². The minimum absolute atomic E-state index is 0.00381. The molecule has 1 unspecified atom stereocenters. The SMILES string of the molecule is CC(=O)N(CCc1noc(C)n1)C1CCN(C(=O)Cc2c(C)noc2C)C1. The van der Waals surface area contributed by atoms with E-state index in [1.54, 1.807) is 18.7 Å². The second-order valence-electron chi connectivity index (χ2n) is 6.95. The van der Waals surface area contributed by atoms with Gasteiger partial charge in [-0.05, 0) is 20.3 Å². The lowest BCUT2D eigenvalue weighted by atomic mass is 10.1. The number of aromatic nitrogens is 3. The Kier molecular flexibility index (Phi) is 5.57. The number of hydrogen-bond donors (Lipinski definition) is 0. The van der Waals surface area contributed by atoms with Crippen molar-refractivity contribution in [2.24, 2.45) is 0 Å². The lowest BCUT2D eigenvalue weighted by Gasteiger charge is -2.27. The molecule has 27 heavy (non-hydrogen) atoms. The third kappa shape index (κ3) is 4.35. The van der Waals surface area contributed by atoms with E-state index in [9.17, 15) is 9.59 Å². The highest BCUT2D eigenvalue weighted by Gasteiger charge is 2.32. The topological polar surface area (TPSA) is 106 Å². The van der Waals surface area contributed by atoms with E-state index >= 15 is 0 Å². The summed E-state index contributed by atoms with van der Waals surface area (Å²) in [4.78, 5) is 32.6. The fourth-order valence-electron chi connectivity index (χ4n) is 3.50. The molecule has 9 nitrogen and oxygen atoms in total. The molecule has 2 aromatic rings. The number of carbonyl (C=O) groups excluding carboxylic acids is 2. The molecule has 1 aliphatic heterocycles. The summed E-state index contributed by atoms with van der Waals surface area (Å²) in [5.41, 5.74) is 1.59. The normalized spacial score (nSPS) is 16.7. The summed E-state index contributed by atoms with van der Waals surface area (Å²) in [6.45, 7) is 8.61. The van der Waals surface area contributed by atoms with E-state index in [0.29, 0.717) is 43.5 Å². The molecule has 2 amide bonds. The van der Waals surface area contributed by atoms with Crippen molar-refractivity contribution >= 4 is 11.8 Å². The van der Waals surface area contributed by atoms with Crippen LogP contribution in [0.3, 0.4) is 0 Å². The predicted molar refractivity (Wildman–Crippen MR) is 94.8 cm³/mol. The maximum Gasteiger partial charge on any atom is 0.227 e. The smallest absolute Gasteiger partial charge is 0.227 e. The number of likely N-dealkylation sites (tertiary alicyclic amines) is 1. The van der Waals surface area contributed by atoms with Crippen LogP contribution in [0.4, 0.5) is 0 Å². The minimum atomic E-state index is -0.0137. The molecule has 1 aliphatic rings. The molecule has 0 saturated carbocycles. The van der Waals surface area contributed by atoms with Gasteiger partial charge in [-0.25, -0.2) is 0 Å².